The lowest BCUT2D eigenvalue weighted by atomic mass is 10.1. The van der Waals surface area contributed by atoms with E-state index in [9.17, 15) is 0 Å². The van der Waals surface area contributed by atoms with Crippen molar-refractivity contribution >= 4 is 5.96 Å². The van der Waals surface area contributed by atoms with Gasteiger partial charge in [-0.1, -0.05) is 30.3 Å². The second kappa shape index (κ2) is 4.82. The first kappa shape index (κ1) is 10.0. The maximum atomic E-state index is 4.38. The van der Waals surface area contributed by atoms with Crippen LogP contribution in [0.3, 0.4) is 0 Å². The largest absolute Gasteiger partial charge is 0.356 e. The molecule has 0 fully saturated rings. The summed E-state index contributed by atoms with van der Waals surface area (Å²) in [5.41, 5.74) is 1.37. The highest BCUT2D eigenvalue weighted by Gasteiger charge is 2.10. The molecule has 0 unspecified atom stereocenters. The summed E-state index contributed by atoms with van der Waals surface area (Å²) in [6, 6.07) is 10.5. The van der Waals surface area contributed by atoms with Gasteiger partial charge in [-0.25, -0.2) is 0 Å². The molecule has 0 atom stereocenters. The Labute approximate surface area is 90.8 Å². The zero-order valence-electron chi connectivity index (χ0n) is 9.11. The number of likely N-dealkylation sites (N-methyl/N-ethyl adjacent to an activating group) is 1. The van der Waals surface area contributed by atoms with Gasteiger partial charge in [-0.15, -0.1) is 0 Å². The second-order valence-electron chi connectivity index (χ2n) is 3.79. The van der Waals surface area contributed by atoms with E-state index in [0.29, 0.717) is 0 Å². The minimum absolute atomic E-state index is 0.921. The highest BCUT2D eigenvalue weighted by Crippen LogP contribution is 1.99. The molecule has 0 radical (unpaired) electrons. The summed E-state index contributed by atoms with van der Waals surface area (Å²) in [5.74, 6) is 1.03. The Morgan fingerprint density at radius 2 is 2.13 bits per heavy atom. The molecule has 1 aliphatic heterocycles. The van der Waals surface area contributed by atoms with Crippen molar-refractivity contribution in [3.63, 3.8) is 0 Å². The van der Waals surface area contributed by atoms with Gasteiger partial charge in [0.25, 0.3) is 0 Å². The maximum absolute atomic E-state index is 4.38. The van der Waals surface area contributed by atoms with E-state index in [1.165, 1.54) is 5.56 Å². The lowest BCUT2D eigenvalue weighted by Crippen LogP contribution is -2.36. The smallest absolute Gasteiger partial charge is 0.193 e. The molecule has 1 N–H and O–H groups in total. The van der Waals surface area contributed by atoms with Crippen LogP contribution in [0.25, 0.3) is 0 Å². The molecule has 2 rings (SSSR count). The molecule has 3 heteroatoms. The van der Waals surface area contributed by atoms with Crippen molar-refractivity contribution in [2.45, 2.75) is 6.42 Å². The number of guanidine groups is 1. The Morgan fingerprint density at radius 1 is 1.33 bits per heavy atom. The minimum Gasteiger partial charge on any atom is -0.356 e. The fraction of sp³-hybridized carbons (Fsp3) is 0.417. The lowest BCUT2D eigenvalue weighted by Gasteiger charge is -2.14. The van der Waals surface area contributed by atoms with Crippen LogP contribution in [0.15, 0.2) is 35.3 Å². The molecular weight excluding hydrogens is 186 g/mol. The molecule has 1 aromatic rings. The van der Waals surface area contributed by atoms with Crippen LogP contribution in [0, 0.1) is 0 Å². The highest BCUT2D eigenvalue weighted by atomic mass is 15.3. The van der Waals surface area contributed by atoms with Gasteiger partial charge in [-0.05, 0) is 12.0 Å². The van der Waals surface area contributed by atoms with E-state index in [1.807, 2.05) is 6.07 Å². The first-order chi connectivity index (χ1) is 7.36. The monoisotopic (exact) mass is 203 g/mol. The van der Waals surface area contributed by atoms with Gasteiger partial charge in [0, 0.05) is 20.1 Å². The number of rotatable bonds is 3. The fourth-order valence-electron chi connectivity index (χ4n) is 1.69. The third-order valence-corrected chi connectivity index (χ3v) is 2.60. The molecule has 1 aromatic carbocycles. The normalized spacial score (nSPS) is 15.3. The van der Waals surface area contributed by atoms with Crippen LogP contribution in [0.2, 0.25) is 0 Å². The van der Waals surface area contributed by atoms with Gasteiger partial charge < -0.3 is 10.2 Å². The molecule has 0 aromatic heterocycles. The topological polar surface area (TPSA) is 27.6 Å². The Hall–Kier alpha value is -1.51. The van der Waals surface area contributed by atoms with Crippen LogP contribution < -0.4 is 5.32 Å². The van der Waals surface area contributed by atoms with E-state index in [1.54, 1.807) is 0 Å². The number of hydrogen-bond acceptors (Lipinski definition) is 3. The summed E-state index contributed by atoms with van der Waals surface area (Å²) in [7, 11) is 2.07. The molecule has 0 amide bonds. The van der Waals surface area contributed by atoms with Gasteiger partial charge in [-0.3, -0.25) is 4.99 Å². The van der Waals surface area contributed by atoms with Gasteiger partial charge in [0.2, 0.25) is 0 Å². The Balaban J connectivity index is 1.76. The number of nitrogens with zero attached hydrogens (tertiary/aromatic N) is 2. The minimum atomic E-state index is 0.921. The predicted molar refractivity (Wildman–Crippen MR) is 63.1 cm³/mol. The first-order valence-electron chi connectivity index (χ1n) is 5.39. The predicted octanol–water partition coefficient (Wildman–Crippen LogP) is 1.12. The van der Waals surface area contributed by atoms with Crippen LogP contribution >= 0.6 is 0 Å². The van der Waals surface area contributed by atoms with E-state index in [4.69, 9.17) is 0 Å². The number of hydrogen-bond donors (Lipinski definition) is 1. The third-order valence-electron chi connectivity index (χ3n) is 2.60. The van der Waals surface area contributed by atoms with E-state index in [0.717, 1.165) is 32.0 Å². The van der Waals surface area contributed by atoms with Gasteiger partial charge in [0.05, 0.1) is 6.54 Å². The summed E-state index contributed by atoms with van der Waals surface area (Å²) in [5, 5.41) is 3.36. The molecule has 0 spiro atoms. The molecule has 80 valence electrons. The summed E-state index contributed by atoms with van der Waals surface area (Å²) in [4.78, 5) is 6.54. The first-order valence-corrected chi connectivity index (χ1v) is 5.39. The average molecular weight is 203 g/mol. The molecule has 1 aliphatic rings. The van der Waals surface area contributed by atoms with Crippen LogP contribution in [0.4, 0.5) is 0 Å². The molecule has 0 bridgehead atoms. The molecule has 0 aliphatic carbocycles. The van der Waals surface area contributed by atoms with E-state index >= 15 is 0 Å². The summed E-state index contributed by atoms with van der Waals surface area (Å²) in [6.07, 6.45) is 1.05. The quantitative estimate of drug-likeness (QED) is 0.797. The van der Waals surface area contributed by atoms with Gasteiger partial charge in [-0.2, -0.15) is 0 Å². The Kier molecular flexibility index (Phi) is 3.22. The number of aliphatic imine (C=N–C) groups is 1. The summed E-state index contributed by atoms with van der Waals surface area (Å²) >= 11 is 0. The van der Waals surface area contributed by atoms with Crippen molar-refractivity contribution in [1.82, 2.24) is 10.2 Å². The zero-order valence-corrected chi connectivity index (χ0v) is 9.11. The molecule has 15 heavy (non-hydrogen) atoms. The van der Waals surface area contributed by atoms with Crippen molar-refractivity contribution < 1.29 is 0 Å². The fourth-order valence-corrected chi connectivity index (χ4v) is 1.69. The number of benzene rings is 1. The lowest BCUT2D eigenvalue weighted by molar-refractivity contribution is 0.534. The highest BCUT2D eigenvalue weighted by molar-refractivity contribution is 5.81. The van der Waals surface area contributed by atoms with Crippen LogP contribution in [0.5, 0.6) is 0 Å². The van der Waals surface area contributed by atoms with Crippen molar-refractivity contribution in [1.29, 1.82) is 0 Å². The molecular formula is C12H17N3. The zero-order chi connectivity index (χ0) is 10.5. The van der Waals surface area contributed by atoms with Crippen LogP contribution in [-0.4, -0.2) is 37.5 Å². The van der Waals surface area contributed by atoms with E-state index in [2.05, 4.69) is 46.5 Å². The standard InChI is InChI=1S/C12H17N3/c1-15-10-9-14-12(15)13-8-7-11-5-3-2-4-6-11/h2-6H,7-10H2,1H3,(H,13,14). The summed E-state index contributed by atoms with van der Waals surface area (Å²) < 4.78 is 0. The average Bonchev–Trinajstić information content (AvgIpc) is 2.66. The van der Waals surface area contributed by atoms with Crippen molar-refractivity contribution in [3.05, 3.63) is 35.9 Å². The van der Waals surface area contributed by atoms with Crippen LogP contribution in [0.1, 0.15) is 5.56 Å². The maximum Gasteiger partial charge on any atom is 0.193 e. The van der Waals surface area contributed by atoms with Gasteiger partial charge >= 0.3 is 0 Å². The molecule has 3 nitrogen and oxygen atoms in total. The third kappa shape index (κ3) is 2.72. The Morgan fingerprint density at radius 3 is 2.80 bits per heavy atom. The van der Waals surface area contributed by atoms with Crippen molar-refractivity contribution in [2.75, 3.05) is 26.7 Å². The SMILES string of the molecule is CN1CCN=C1NCCc1ccccc1. The summed E-state index contributed by atoms with van der Waals surface area (Å²) in [6.45, 7) is 2.91. The van der Waals surface area contributed by atoms with E-state index < -0.39 is 0 Å². The number of nitrogens with one attached hydrogen (secondary N) is 1. The van der Waals surface area contributed by atoms with Crippen molar-refractivity contribution in [2.24, 2.45) is 4.99 Å². The second-order valence-corrected chi connectivity index (χ2v) is 3.79. The Bertz CT molecular complexity index is 332. The van der Waals surface area contributed by atoms with Gasteiger partial charge in [0.15, 0.2) is 5.96 Å². The van der Waals surface area contributed by atoms with E-state index in [-0.39, 0.29) is 0 Å². The van der Waals surface area contributed by atoms with Gasteiger partial charge in [0.1, 0.15) is 0 Å². The van der Waals surface area contributed by atoms with Crippen molar-refractivity contribution in [3.8, 4) is 0 Å². The molecule has 0 saturated heterocycles. The molecule has 1 heterocycles. The van der Waals surface area contributed by atoms with Crippen LogP contribution in [-0.2, 0) is 6.42 Å². The molecule has 0 saturated carbocycles.